The Hall–Kier alpha value is -2.11. The van der Waals surface area contributed by atoms with E-state index in [1.54, 1.807) is 43.7 Å². The molecule has 0 spiro atoms. The van der Waals surface area contributed by atoms with Crippen molar-refractivity contribution in [1.82, 2.24) is 5.43 Å². The normalized spacial score (nSPS) is 11.0. The van der Waals surface area contributed by atoms with E-state index in [2.05, 4.69) is 10.5 Å². The molecule has 0 saturated carbocycles. The summed E-state index contributed by atoms with van der Waals surface area (Å²) in [6, 6.07) is 16.3. The molecule has 3 rings (SSSR count). The first-order chi connectivity index (χ1) is 14.5. The summed E-state index contributed by atoms with van der Waals surface area (Å²) >= 11 is 24.6. The lowest BCUT2D eigenvalue weighted by Crippen LogP contribution is -2.07. The van der Waals surface area contributed by atoms with Gasteiger partial charge in [-0.1, -0.05) is 64.6 Å². The molecule has 156 valence electrons. The fourth-order valence-electron chi connectivity index (χ4n) is 2.64. The molecule has 3 aromatic rings. The quantitative estimate of drug-likeness (QED) is 0.276. The minimum atomic E-state index is 0.334. The first-order valence-corrected chi connectivity index (χ1v) is 10.4. The third-order valence-corrected chi connectivity index (χ3v) is 5.41. The van der Waals surface area contributed by atoms with Crippen LogP contribution < -0.4 is 14.9 Å². The van der Waals surface area contributed by atoms with Crippen LogP contribution in [0.4, 0.5) is 0 Å². The molecule has 0 amide bonds. The van der Waals surface area contributed by atoms with Crippen LogP contribution in [-0.4, -0.2) is 13.3 Å². The van der Waals surface area contributed by atoms with E-state index >= 15 is 0 Å². The van der Waals surface area contributed by atoms with Gasteiger partial charge in [-0.2, -0.15) is 5.10 Å². The molecule has 1 N–H and O–H groups in total. The van der Waals surface area contributed by atoms with Crippen LogP contribution in [0.1, 0.15) is 16.7 Å². The molecule has 0 bridgehead atoms. The summed E-state index contributed by atoms with van der Waals surface area (Å²) in [5, 5.41) is 6.45. The first kappa shape index (κ1) is 22.6. The molecule has 0 aliphatic carbocycles. The van der Waals surface area contributed by atoms with Gasteiger partial charge >= 0.3 is 0 Å². The van der Waals surface area contributed by atoms with Crippen molar-refractivity contribution in [2.24, 2.45) is 5.10 Å². The van der Waals surface area contributed by atoms with E-state index in [1.165, 1.54) is 0 Å². The molecular formula is C22H18Cl4N2O2. The maximum Gasteiger partial charge on any atom is 0.180 e. The van der Waals surface area contributed by atoms with E-state index in [1.807, 2.05) is 24.3 Å². The highest BCUT2D eigenvalue weighted by Gasteiger charge is 2.12. The molecule has 0 unspecified atom stereocenters. The monoisotopic (exact) mass is 482 g/mol. The van der Waals surface area contributed by atoms with Crippen LogP contribution in [0.15, 0.2) is 59.7 Å². The number of hydrazone groups is 1. The van der Waals surface area contributed by atoms with Crippen LogP contribution in [0.2, 0.25) is 20.1 Å². The minimum absolute atomic E-state index is 0.334. The summed E-state index contributed by atoms with van der Waals surface area (Å²) in [5.74, 6) is 0.967. The third kappa shape index (κ3) is 5.96. The maximum atomic E-state index is 6.41. The average Bonchev–Trinajstić information content (AvgIpc) is 2.73. The van der Waals surface area contributed by atoms with Crippen molar-refractivity contribution in [2.75, 3.05) is 7.11 Å². The Bertz CT molecular complexity index is 1020. The third-order valence-electron chi connectivity index (χ3n) is 4.17. The molecule has 0 radical (unpaired) electrons. The van der Waals surface area contributed by atoms with Crippen molar-refractivity contribution < 1.29 is 9.47 Å². The Morgan fingerprint density at radius 1 is 0.933 bits per heavy atom. The number of methoxy groups -OCH3 is 1. The number of benzene rings is 3. The number of rotatable bonds is 8. The van der Waals surface area contributed by atoms with Crippen molar-refractivity contribution in [3.05, 3.63) is 91.4 Å². The number of nitrogens with one attached hydrogen (secondary N) is 1. The summed E-state index contributed by atoms with van der Waals surface area (Å²) < 4.78 is 11.3. The summed E-state index contributed by atoms with van der Waals surface area (Å²) in [6.07, 6.45) is 1.63. The number of hydrogen-bond donors (Lipinski definition) is 1. The highest BCUT2D eigenvalue weighted by Crippen LogP contribution is 2.36. The molecule has 0 saturated heterocycles. The second-order valence-electron chi connectivity index (χ2n) is 6.24. The van der Waals surface area contributed by atoms with Gasteiger partial charge in [-0.15, -0.1) is 0 Å². The lowest BCUT2D eigenvalue weighted by Gasteiger charge is -2.13. The van der Waals surface area contributed by atoms with Gasteiger partial charge in [0, 0.05) is 20.6 Å². The van der Waals surface area contributed by atoms with Crippen molar-refractivity contribution in [1.29, 1.82) is 0 Å². The maximum absolute atomic E-state index is 6.41. The molecule has 0 heterocycles. The zero-order valence-electron chi connectivity index (χ0n) is 16.0. The highest BCUT2D eigenvalue weighted by atomic mass is 35.5. The summed E-state index contributed by atoms with van der Waals surface area (Å²) in [4.78, 5) is 0. The van der Waals surface area contributed by atoms with Crippen LogP contribution >= 0.6 is 46.4 Å². The fourth-order valence-corrected chi connectivity index (χ4v) is 3.57. The average molecular weight is 484 g/mol. The Morgan fingerprint density at radius 3 is 2.30 bits per heavy atom. The van der Waals surface area contributed by atoms with Gasteiger partial charge in [-0.05, 0) is 47.5 Å². The van der Waals surface area contributed by atoms with Gasteiger partial charge in [0.25, 0.3) is 0 Å². The number of halogens is 4. The molecule has 8 heteroatoms. The molecule has 4 nitrogen and oxygen atoms in total. The lowest BCUT2D eigenvalue weighted by molar-refractivity contribution is 0.284. The van der Waals surface area contributed by atoms with Crippen LogP contribution in [0, 0.1) is 0 Å². The van der Waals surface area contributed by atoms with Gasteiger partial charge in [0.2, 0.25) is 0 Å². The van der Waals surface area contributed by atoms with E-state index in [9.17, 15) is 0 Å². The fraction of sp³-hybridized carbons (Fsp3) is 0.136. The second kappa shape index (κ2) is 10.8. The van der Waals surface area contributed by atoms with Crippen molar-refractivity contribution in [3.63, 3.8) is 0 Å². The Labute approximate surface area is 195 Å². The van der Waals surface area contributed by atoms with E-state index < -0.39 is 0 Å². The second-order valence-corrected chi connectivity index (χ2v) is 7.90. The van der Waals surface area contributed by atoms with Gasteiger partial charge < -0.3 is 14.9 Å². The molecule has 0 atom stereocenters. The van der Waals surface area contributed by atoms with Crippen LogP contribution in [0.3, 0.4) is 0 Å². The molecule has 30 heavy (non-hydrogen) atoms. The van der Waals surface area contributed by atoms with Crippen molar-refractivity contribution in [2.45, 2.75) is 13.2 Å². The zero-order valence-corrected chi connectivity index (χ0v) is 19.0. The highest BCUT2D eigenvalue weighted by molar-refractivity contribution is 6.36. The summed E-state index contributed by atoms with van der Waals surface area (Å²) in [7, 11) is 1.55. The van der Waals surface area contributed by atoms with Gasteiger partial charge in [-0.3, -0.25) is 0 Å². The largest absolute Gasteiger partial charge is 0.493 e. The SMILES string of the molecule is COc1cc(/C=N\NCc2c(Cl)cccc2Cl)cc(Cl)c1OCc1ccc(Cl)cc1. The summed E-state index contributed by atoms with van der Waals surface area (Å²) in [6.45, 7) is 0.725. The molecule has 0 aliphatic heterocycles. The van der Waals surface area contributed by atoms with Crippen LogP contribution in [0.5, 0.6) is 11.5 Å². The molecular weight excluding hydrogens is 466 g/mol. The van der Waals surface area contributed by atoms with Gasteiger partial charge in [0.15, 0.2) is 11.5 Å². The van der Waals surface area contributed by atoms with E-state index in [0.717, 1.165) is 16.7 Å². The van der Waals surface area contributed by atoms with E-state index in [0.29, 0.717) is 44.7 Å². The molecule has 0 aromatic heterocycles. The van der Waals surface area contributed by atoms with Crippen molar-refractivity contribution >= 4 is 52.6 Å². The molecule has 3 aromatic carbocycles. The predicted octanol–water partition coefficient (Wildman–Crippen LogP) is 7.01. The van der Waals surface area contributed by atoms with Crippen LogP contribution in [0.25, 0.3) is 0 Å². The summed E-state index contributed by atoms with van der Waals surface area (Å²) in [5.41, 5.74) is 5.41. The van der Waals surface area contributed by atoms with Crippen molar-refractivity contribution in [3.8, 4) is 11.5 Å². The minimum Gasteiger partial charge on any atom is -0.493 e. The Kier molecular flexibility index (Phi) is 8.11. The number of ether oxygens (including phenoxy) is 2. The van der Waals surface area contributed by atoms with E-state index in [-0.39, 0.29) is 0 Å². The molecule has 0 fully saturated rings. The predicted molar refractivity (Wildman–Crippen MR) is 125 cm³/mol. The number of hydrogen-bond acceptors (Lipinski definition) is 4. The molecule has 0 aliphatic rings. The Balaban J connectivity index is 1.67. The standard InChI is InChI=1S/C22H18Cl4N2O2/c1-29-21-10-15(11-27-28-12-17-18(24)3-2-4-19(17)25)9-20(26)22(21)30-13-14-5-7-16(23)8-6-14/h2-11,28H,12-13H2,1H3/b27-11-. The topological polar surface area (TPSA) is 42.8 Å². The lowest BCUT2D eigenvalue weighted by atomic mass is 10.2. The van der Waals surface area contributed by atoms with E-state index in [4.69, 9.17) is 55.9 Å². The van der Waals surface area contributed by atoms with Gasteiger partial charge in [0.1, 0.15) is 6.61 Å². The van der Waals surface area contributed by atoms with Crippen LogP contribution in [-0.2, 0) is 13.2 Å². The smallest absolute Gasteiger partial charge is 0.180 e. The van der Waals surface area contributed by atoms with Gasteiger partial charge in [-0.25, -0.2) is 0 Å². The number of nitrogens with zero attached hydrogens (tertiary/aromatic N) is 1. The Morgan fingerprint density at radius 2 is 1.63 bits per heavy atom. The van der Waals surface area contributed by atoms with Gasteiger partial charge in [0.05, 0.1) is 24.9 Å². The first-order valence-electron chi connectivity index (χ1n) is 8.91. The zero-order chi connectivity index (χ0) is 21.5.